The van der Waals surface area contributed by atoms with Crippen LogP contribution in [0.5, 0.6) is 0 Å². The van der Waals surface area contributed by atoms with Crippen LogP contribution in [0.15, 0.2) is 12.2 Å². The van der Waals surface area contributed by atoms with Crippen LogP contribution < -0.4 is 0 Å². The largest absolute Gasteiger partial charge is 0.390 e. The van der Waals surface area contributed by atoms with Gasteiger partial charge in [0.25, 0.3) is 0 Å². The van der Waals surface area contributed by atoms with Crippen LogP contribution in [0, 0.1) is 34.5 Å². The summed E-state index contributed by atoms with van der Waals surface area (Å²) in [5.41, 5.74) is 1.03. The zero-order chi connectivity index (χ0) is 16.6. The maximum atomic E-state index is 12.4. The van der Waals surface area contributed by atoms with Crippen molar-refractivity contribution < 1.29 is 15.0 Å². The fraction of sp³-hybridized carbons (Fsp3) is 0.850. The molecule has 4 fully saturated rings. The molecule has 0 heterocycles. The van der Waals surface area contributed by atoms with E-state index in [9.17, 15) is 15.0 Å². The molecule has 0 aromatic carbocycles. The van der Waals surface area contributed by atoms with Crippen molar-refractivity contribution in [2.24, 2.45) is 34.5 Å². The van der Waals surface area contributed by atoms with Gasteiger partial charge in [-0.2, -0.15) is 0 Å². The molecule has 4 aliphatic rings. The number of ketones is 1. The molecule has 0 aromatic rings. The second kappa shape index (κ2) is 4.92. The smallest absolute Gasteiger partial charge is 0.139 e. The molecule has 3 nitrogen and oxygen atoms in total. The Labute approximate surface area is 139 Å². The summed E-state index contributed by atoms with van der Waals surface area (Å²) in [5, 5.41) is 20.7. The summed E-state index contributed by atoms with van der Waals surface area (Å²) >= 11 is 0. The third-order valence-corrected chi connectivity index (χ3v) is 8.36. The molecule has 1 unspecified atom stereocenters. The molecule has 0 bridgehead atoms. The van der Waals surface area contributed by atoms with Gasteiger partial charge in [0.1, 0.15) is 5.78 Å². The summed E-state index contributed by atoms with van der Waals surface area (Å²) in [6.45, 7) is 8.83. The predicted octanol–water partition coefficient (Wildman–Crippen LogP) is 3.10. The molecule has 3 heteroatoms. The fourth-order valence-electron chi connectivity index (χ4n) is 7.11. The number of carbonyl (C=O) groups excluding carboxylic acids is 1. The minimum Gasteiger partial charge on any atom is -0.390 e. The molecule has 4 aliphatic carbocycles. The molecule has 2 N–H and O–H groups in total. The van der Waals surface area contributed by atoms with Crippen molar-refractivity contribution in [3.8, 4) is 0 Å². The minimum atomic E-state index is -0.666. The van der Waals surface area contributed by atoms with Crippen LogP contribution >= 0.6 is 0 Å². The van der Waals surface area contributed by atoms with Crippen LogP contribution in [0.1, 0.15) is 58.8 Å². The van der Waals surface area contributed by atoms with Crippen molar-refractivity contribution in [1.29, 1.82) is 0 Å². The fourth-order valence-corrected chi connectivity index (χ4v) is 7.11. The number of hydrogen-bond donors (Lipinski definition) is 2. The lowest BCUT2D eigenvalue weighted by Crippen LogP contribution is -2.59. The number of fused-ring (bicyclic) bond motifs is 5. The molecule has 0 amide bonds. The molecule has 0 aromatic heterocycles. The maximum absolute atomic E-state index is 12.4. The zero-order valence-electron chi connectivity index (χ0n) is 14.4. The predicted molar refractivity (Wildman–Crippen MR) is 88.7 cm³/mol. The Morgan fingerprint density at radius 2 is 1.83 bits per heavy atom. The van der Waals surface area contributed by atoms with Gasteiger partial charge in [-0.15, -0.1) is 0 Å². The Bertz CT molecular complexity index is 555. The molecule has 0 aliphatic heterocycles. The van der Waals surface area contributed by atoms with Gasteiger partial charge in [0.05, 0.1) is 12.2 Å². The summed E-state index contributed by atoms with van der Waals surface area (Å²) in [5.74, 6) is 2.08. The molecule has 128 valence electrons. The van der Waals surface area contributed by atoms with Gasteiger partial charge in [0.2, 0.25) is 0 Å². The minimum absolute atomic E-state index is 0.0222. The van der Waals surface area contributed by atoms with Gasteiger partial charge < -0.3 is 10.2 Å². The van der Waals surface area contributed by atoms with Crippen molar-refractivity contribution in [3.05, 3.63) is 12.2 Å². The van der Waals surface area contributed by atoms with Crippen LogP contribution in [0.2, 0.25) is 0 Å². The van der Waals surface area contributed by atoms with Gasteiger partial charge in [-0.1, -0.05) is 26.0 Å². The van der Waals surface area contributed by atoms with Gasteiger partial charge in [-0.3, -0.25) is 4.79 Å². The number of aliphatic hydroxyl groups excluding tert-OH is 2. The Morgan fingerprint density at radius 3 is 2.57 bits per heavy atom. The molecule has 23 heavy (non-hydrogen) atoms. The molecule has 0 radical (unpaired) electrons. The summed E-state index contributed by atoms with van der Waals surface area (Å²) in [6.07, 6.45) is 5.19. The van der Waals surface area contributed by atoms with Crippen molar-refractivity contribution in [2.75, 3.05) is 0 Å². The van der Waals surface area contributed by atoms with E-state index in [2.05, 4.69) is 20.4 Å². The average Bonchev–Trinajstić information content (AvgIpc) is 2.79. The summed E-state index contributed by atoms with van der Waals surface area (Å²) in [4.78, 5) is 12.4. The lowest BCUT2D eigenvalue weighted by Gasteiger charge is -2.61. The third kappa shape index (κ3) is 1.93. The summed E-state index contributed by atoms with van der Waals surface area (Å²) in [6, 6.07) is 0. The lowest BCUT2D eigenvalue weighted by atomic mass is 9.44. The quantitative estimate of drug-likeness (QED) is 0.675. The highest BCUT2D eigenvalue weighted by Gasteiger charge is 2.62. The van der Waals surface area contributed by atoms with Crippen LogP contribution in [-0.4, -0.2) is 28.2 Å². The molecule has 0 spiro atoms. The molecule has 0 saturated heterocycles. The van der Waals surface area contributed by atoms with Crippen LogP contribution in [0.25, 0.3) is 0 Å². The lowest BCUT2D eigenvalue weighted by molar-refractivity contribution is -0.155. The molecule has 4 saturated carbocycles. The van der Waals surface area contributed by atoms with Gasteiger partial charge in [-0.05, 0) is 61.7 Å². The number of aliphatic hydroxyl groups is 2. The number of hydrogen-bond acceptors (Lipinski definition) is 3. The number of Topliss-reactive ketones (excluding diaryl/α,β-unsaturated/α-hetero) is 1. The van der Waals surface area contributed by atoms with E-state index in [1.54, 1.807) is 0 Å². The number of carbonyl (C=O) groups is 1. The molecular weight excluding hydrogens is 288 g/mol. The Morgan fingerprint density at radius 1 is 1.09 bits per heavy atom. The van der Waals surface area contributed by atoms with E-state index in [-0.39, 0.29) is 16.7 Å². The van der Waals surface area contributed by atoms with Crippen molar-refractivity contribution in [2.45, 2.75) is 71.0 Å². The Hall–Kier alpha value is -0.670. The van der Waals surface area contributed by atoms with Crippen molar-refractivity contribution in [1.82, 2.24) is 0 Å². The zero-order valence-corrected chi connectivity index (χ0v) is 14.4. The Kier molecular flexibility index (Phi) is 3.39. The van der Waals surface area contributed by atoms with Gasteiger partial charge >= 0.3 is 0 Å². The highest BCUT2D eigenvalue weighted by atomic mass is 16.3. The normalized spacial score (nSPS) is 56.0. The van der Waals surface area contributed by atoms with E-state index < -0.39 is 12.2 Å². The van der Waals surface area contributed by atoms with E-state index >= 15 is 0 Å². The maximum Gasteiger partial charge on any atom is 0.139 e. The van der Waals surface area contributed by atoms with Crippen molar-refractivity contribution >= 4 is 5.78 Å². The second-order valence-corrected chi connectivity index (χ2v) is 9.24. The highest BCUT2D eigenvalue weighted by molar-refractivity contribution is 5.87. The molecular formula is C20H30O3. The van der Waals surface area contributed by atoms with E-state index in [4.69, 9.17) is 0 Å². The first-order chi connectivity index (χ1) is 10.8. The second-order valence-electron chi connectivity index (χ2n) is 9.24. The van der Waals surface area contributed by atoms with Crippen molar-refractivity contribution in [3.63, 3.8) is 0 Å². The first-order valence-electron chi connectivity index (χ1n) is 9.36. The molecule has 8 atom stereocenters. The van der Waals surface area contributed by atoms with Gasteiger partial charge in [-0.25, -0.2) is 0 Å². The standard InChI is InChI=1S/C20H30O3/c1-11-10-12-13-4-5-16(22)19(13,2)8-6-14(12)20(3)9-7-15(21)18(23)17(11)20/h12-15,17-18,21,23H,1,4-10H2,2-3H3/t12-,13-,14-,15-,17-,18?,19-,20+/m0/s1. The first-order valence-corrected chi connectivity index (χ1v) is 9.36. The van der Waals surface area contributed by atoms with E-state index in [0.717, 1.165) is 44.1 Å². The van der Waals surface area contributed by atoms with Crippen LogP contribution in [-0.2, 0) is 4.79 Å². The Balaban J connectivity index is 1.71. The van der Waals surface area contributed by atoms with Gasteiger partial charge in [0, 0.05) is 17.8 Å². The topological polar surface area (TPSA) is 57.5 Å². The monoisotopic (exact) mass is 318 g/mol. The van der Waals surface area contributed by atoms with Gasteiger partial charge in [0.15, 0.2) is 0 Å². The molecule has 4 rings (SSSR count). The third-order valence-electron chi connectivity index (χ3n) is 8.36. The number of rotatable bonds is 0. The summed E-state index contributed by atoms with van der Waals surface area (Å²) < 4.78 is 0. The van der Waals surface area contributed by atoms with E-state index in [1.165, 1.54) is 0 Å². The van der Waals surface area contributed by atoms with E-state index in [1.807, 2.05) is 0 Å². The van der Waals surface area contributed by atoms with Crippen LogP contribution in [0.4, 0.5) is 0 Å². The van der Waals surface area contributed by atoms with E-state index in [0.29, 0.717) is 30.0 Å². The summed E-state index contributed by atoms with van der Waals surface area (Å²) in [7, 11) is 0. The van der Waals surface area contributed by atoms with Crippen LogP contribution in [0.3, 0.4) is 0 Å². The highest BCUT2D eigenvalue weighted by Crippen LogP contribution is 2.66. The SMILES string of the molecule is C=C1C[C@@H]2[C@H](CC[C@]3(C)C(=O)CC[C@@H]23)[C@@]2(C)CC[C@H](O)C(O)[C@H]12. The average molecular weight is 318 g/mol. The first kappa shape index (κ1) is 15.8.